The van der Waals surface area contributed by atoms with Crippen LogP contribution in [0.15, 0.2) is 30.3 Å². The summed E-state index contributed by atoms with van der Waals surface area (Å²) >= 11 is 0. The third kappa shape index (κ3) is 1.98. The van der Waals surface area contributed by atoms with E-state index in [9.17, 15) is 0 Å². The molecule has 1 aromatic carbocycles. The Bertz CT molecular complexity index is 450. The fourth-order valence-corrected chi connectivity index (χ4v) is 2.80. The van der Waals surface area contributed by atoms with Crippen LogP contribution in [0.3, 0.4) is 0 Å². The van der Waals surface area contributed by atoms with Crippen molar-refractivity contribution in [1.82, 2.24) is 0 Å². The summed E-state index contributed by atoms with van der Waals surface area (Å²) in [5.74, 6) is 0. The van der Waals surface area contributed by atoms with Crippen LogP contribution in [-0.4, -0.2) is 44.4 Å². The van der Waals surface area contributed by atoms with Crippen molar-refractivity contribution in [2.75, 3.05) is 13.7 Å². The number of methoxy groups -OCH3 is 1. The molecule has 0 aromatic heterocycles. The van der Waals surface area contributed by atoms with Crippen LogP contribution >= 0.6 is 0 Å². The highest BCUT2D eigenvalue weighted by Gasteiger charge is 2.60. The highest BCUT2D eigenvalue weighted by atomic mass is 16.8. The van der Waals surface area contributed by atoms with Crippen molar-refractivity contribution in [3.63, 3.8) is 0 Å². The van der Waals surface area contributed by atoms with Crippen LogP contribution < -0.4 is 0 Å². The average molecular weight is 264 g/mol. The molecule has 0 aliphatic carbocycles. The third-order valence-electron chi connectivity index (χ3n) is 3.83. The Kier molecular flexibility index (Phi) is 2.82. The molecule has 3 heterocycles. The van der Waals surface area contributed by atoms with Crippen LogP contribution in [0.1, 0.15) is 11.9 Å². The zero-order valence-corrected chi connectivity index (χ0v) is 10.6. The fraction of sp³-hybridized carbons (Fsp3) is 0.571. The Morgan fingerprint density at radius 1 is 1.00 bits per heavy atom. The Morgan fingerprint density at radius 2 is 1.84 bits per heavy atom. The third-order valence-corrected chi connectivity index (χ3v) is 3.83. The molecule has 0 bridgehead atoms. The molecule has 3 fully saturated rings. The maximum absolute atomic E-state index is 6.00. The Morgan fingerprint density at radius 3 is 2.63 bits per heavy atom. The van der Waals surface area contributed by atoms with Gasteiger partial charge in [0, 0.05) is 12.7 Å². The summed E-state index contributed by atoms with van der Waals surface area (Å²) < 4.78 is 28.4. The summed E-state index contributed by atoms with van der Waals surface area (Å²) in [6, 6.07) is 9.92. The van der Waals surface area contributed by atoms with E-state index in [1.54, 1.807) is 7.11 Å². The number of rotatable bonds is 2. The predicted molar refractivity (Wildman–Crippen MR) is 64.3 cm³/mol. The monoisotopic (exact) mass is 264 g/mol. The van der Waals surface area contributed by atoms with E-state index in [2.05, 4.69) is 0 Å². The summed E-state index contributed by atoms with van der Waals surface area (Å²) in [6.07, 6.45) is -0.759. The standard InChI is InChI=1S/C14H16O5/c1-15-14-12-11(18-12)10-9(17-14)7-16-13(19-10)8-5-3-2-4-6-8/h2-6,9-14H,7H2,1H3/t9-,10-,11-,12-,13-,14-/m1/s1. The van der Waals surface area contributed by atoms with Gasteiger partial charge in [0.2, 0.25) is 0 Å². The van der Waals surface area contributed by atoms with Crippen LogP contribution in [0.4, 0.5) is 0 Å². The van der Waals surface area contributed by atoms with Crippen LogP contribution in [0.5, 0.6) is 0 Å². The lowest BCUT2D eigenvalue weighted by molar-refractivity contribution is -0.304. The lowest BCUT2D eigenvalue weighted by atomic mass is 10.0. The summed E-state index contributed by atoms with van der Waals surface area (Å²) in [6.45, 7) is 0.497. The number of fused-ring (bicyclic) bond motifs is 3. The molecule has 3 aliphatic rings. The molecule has 3 aliphatic heterocycles. The lowest BCUT2D eigenvalue weighted by Gasteiger charge is -2.39. The van der Waals surface area contributed by atoms with Crippen molar-refractivity contribution < 1.29 is 23.7 Å². The molecule has 0 unspecified atom stereocenters. The largest absolute Gasteiger partial charge is 0.361 e. The first-order valence-corrected chi connectivity index (χ1v) is 6.52. The molecule has 1 aromatic rings. The second kappa shape index (κ2) is 4.54. The summed E-state index contributed by atoms with van der Waals surface area (Å²) in [7, 11) is 1.63. The van der Waals surface area contributed by atoms with Gasteiger partial charge in [-0.05, 0) is 0 Å². The fourth-order valence-electron chi connectivity index (χ4n) is 2.80. The molecular weight excluding hydrogens is 248 g/mol. The van der Waals surface area contributed by atoms with Crippen molar-refractivity contribution in [3.05, 3.63) is 35.9 Å². The van der Waals surface area contributed by atoms with Crippen molar-refractivity contribution in [2.24, 2.45) is 0 Å². The molecule has 0 N–H and O–H groups in total. The molecule has 0 radical (unpaired) electrons. The van der Waals surface area contributed by atoms with Gasteiger partial charge >= 0.3 is 0 Å². The van der Waals surface area contributed by atoms with Crippen molar-refractivity contribution >= 4 is 0 Å². The van der Waals surface area contributed by atoms with Crippen molar-refractivity contribution in [2.45, 2.75) is 37.0 Å². The van der Waals surface area contributed by atoms with Gasteiger partial charge in [-0.15, -0.1) is 0 Å². The van der Waals surface area contributed by atoms with Crippen molar-refractivity contribution in [3.8, 4) is 0 Å². The first kappa shape index (κ1) is 11.8. The quantitative estimate of drug-likeness (QED) is 0.752. The molecule has 5 nitrogen and oxygen atoms in total. The van der Waals surface area contributed by atoms with Gasteiger partial charge in [-0.1, -0.05) is 30.3 Å². The van der Waals surface area contributed by atoms with Gasteiger partial charge in [-0.25, -0.2) is 0 Å². The van der Waals surface area contributed by atoms with E-state index in [4.69, 9.17) is 23.7 Å². The smallest absolute Gasteiger partial charge is 0.186 e. The van der Waals surface area contributed by atoms with E-state index in [0.717, 1.165) is 5.56 Å². The minimum Gasteiger partial charge on any atom is -0.361 e. The van der Waals surface area contributed by atoms with E-state index in [-0.39, 0.29) is 37.0 Å². The van der Waals surface area contributed by atoms with E-state index in [1.807, 2.05) is 30.3 Å². The van der Waals surface area contributed by atoms with Crippen LogP contribution in [-0.2, 0) is 23.7 Å². The Balaban J connectivity index is 1.50. The van der Waals surface area contributed by atoms with Gasteiger partial charge in [0.25, 0.3) is 0 Å². The molecule has 5 heteroatoms. The molecule has 0 amide bonds. The maximum atomic E-state index is 6.00. The Hall–Kier alpha value is -0.980. The normalized spacial score (nSPS) is 44.3. The molecule has 19 heavy (non-hydrogen) atoms. The van der Waals surface area contributed by atoms with Gasteiger partial charge in [0.15, 0.2) is 12.6 Å². The van der Waals surface area contributed by atoms with E-state index < -0.39 is 0 Å². The molecule has 3 saturated heterocycles. The first-order valence-electron chi connectivity index (χ1n) is 6.52. The highest BCUT2D eigenvalue weighted by molar-refractivity contribution is 5.17. The molecular formula is C14H16O5. The van der Waals surface area contributed by atoms with E-state index >= 15 is 0 Å². The zero-order chi connectivity index (χ0) is 12.8. The van der Waals surface area contributed by atoms with Gasteiger partial charge in [-0.2, -0.15) is 0 Å². The number of epoxide rings is 1. The second-order valence-corrected chi connectivity index (χ2v) is 5.02. The summed E-state index contributed by atoms with van der Waals surface area (Å²) in [5.41, 5.74) is 1.02. The molecule has 6 atom stereocenters. The topological polar surface area (TPSA) is 49.5 Å². The van der Waals surface area contributed by atoms with Gasteiger partial charge in [0.05, 0.1) is 6.61 Å². The number of hydrogen-bond donors (Lipinski definition) is 0. The van der Waals surface area contributed by atoms with E-state index in [1.165, 1.54) is 0 Å². The molecule has 102 valence electrons. The van der Waals surface area contributed by atoms with Gasteiger partial charge in [-0.3, -0.25) is 0 Å². The van der Waals surface area contributed by atoms with Crippen LogP contribution in [0, 0.1) is 0 Å². The molecule has 4 rings (SSSR count). The zero-order valence-electron chi connectivity index (χ0n) is 10.6. The second-order valence-electron chi connectivity index (χ2n) is 5.02. The number of ether oxygens (including phenoxy) is 5. The minimum atomic E-state index is -0.338. The summed E-state index contributed by atoms with van der Waals surface area (Å²) in [4.78, 5) is 0. The lowest BCUT2D eigenvalue weighted by Crippen LogP contribution is -2.52. The van der Waals surface area contributed by atoms with Gasteiger partial charge in [0.1, 0.15) is 24.4 Å². The molecule has 0 spiro atoms. The van der Waals surface area contributed by atoms with Crippen LogP contribution in [0.2, 0.25) is 0 Å². The Labute approximate surface area is 111 Å². The van der Waals surface area contributed by atoms with Gasteiger partial charge < -0.3 is 23.7 Å². The summed E-state index contributed by atoms with van der Waals surface area (Å²) in [5, 5.41) is 0. The highest BCUT2D eigenvalue weighted by Crippen LogP contribution is 2.43. The number of benzene rings is 1. The SMILES string of the molecule is CO[C@@H]1O[C@@H]2CO[C@@H](c3ccccc3)O[C@H]2[C@H]2O[C@@H]12. The molecule has 0 saturated carbocycles. The predicted octanol–water partition coefficient (Wildman–Crippen LogP) is 1.24. The van der Waals surface area contributed by atoms with Crippen LogP contribution in [0.25, 0.3) is 0 Å². The van der Waals surface area contributed by atoms with Crippen molar-refractivity contribution in [1.29, 1.82) is 0 Å². The van der Waals surface area contributed by atoms with E-state index in [0.29, 0.717) is 6.61 Å². The number of hydrogen-bond acceptors (Lipinski definition) is 5. The maximum Gasteiger partial charge on any atom is 0.186 e. The average Bonchev–Trinajstić information content (AvgIpc) is 3.27. The first-order chi connectivity index (χ1) is 9.36. The minimum absolute atomic E-state index is 0.000716.